The lowest BCUT2D eigenvalue weighted by molar-refractivity contribution is -0.146. The number of carbonyl (C=O) groups is 2. The van der Waals surface area contributed by atoms with E-state index in [4.69, 9.17) is 9.47 Å². The van der Waals surface area contributed by atoms with Gasteiger partial charge in [-0.25, -0.2) is 0 Å². The fourth-order valence-electron chi connectivity index (χ4n) is 4.58. The van der Waals surface area contributed by atoms with E-state index in [-0.39, 0.29) is 11.9 Å². The fourth-order valence-corrected chi connectivity index (χ4v) is 4.58. The summed E-state index contributed by atoms with van der Waals surface area (Å²) in [6.07, 6.45) is 3.64. The van der Waals surface area contributed by atoms with Crippen LogP contribution in [0.5, 0.6) is 5.75 Å². The van der Waals surface area contributed by atoms with E-state index in [1.807, 2.05) is 25.1 Å². The van der Waals surface area contributed by atoms with E-state index in [1.54, 1.807) is 30.2 Å². The van der Waals surface area contributed by atoms with Crippen molar-refractivity contribution < 1.29 is 24.2 Å². The topological polar surface area (TPSA) is 76.1 Å². The molecule has 6 nitrogen and oxygen atoms in total. The highest BCUT2D eigenvalue weighted by atomic mass is 16.5. The van der Waals surface area contributed by atoms with Gasteiger partial charge in [0.25, 0.3) is 0 Å². The maximum atomic E-state index is 13.4. The van der Waals surface area contributed by atoms with Gasteiger partial charge in [0.2, 0.25) is 5.91 Å². The van der Waals surface area contributed by atoms with Crippen LogP contribution in [-0.2, 0) is 14.3 Å². The molecule has 1 N–H and O–H groups in total. The summed E-state index contributed by atoms with van der Waals surface area (Å²) in [5.74, 6) is -2.18. The van der Waals surface area contributed by atoms with Crippen LogP contribution in [0, 0.1) is 11.8 Å². The van der Waals surface area contributed by atoms with Gasteiger partial charge in [-0.2, -0.15) is 0 Å². The Kier molecular flexibility index (Phi) is 3.70. The number of methoxy groups -OCH3 is 1. The maximum Gasteiger partial charge on any atom is 0.310 e. The van der Waals surface area contributed by atoms with Crippen LogP contribution in [0.15, 0.2) is 48.6 Å². The normalized spacial score (nSPS) is 34.2. The van der Waals surface area contributed by atoms with Gasteiger partial charge in [-0.15, -0.1) is 6.58 Å². The Bertz CT molecular complexity index is 831. The van der Waals surface area contributed by atoms with Gasteiger partial charge in [0, 0.05) is 11.8 Å². The number of ether oxygens (including phenoxy) is 2. The first kappa shape index (κ1) is 16.8. The number of hydrogen-bond acceptors (Lipinski definition) is 4. The Morgan fingerprint density at radius 3 is 2.88 bits per heavy atom. The predicted molar refractivity (Wildman–Crippen MR) is 95.1 cm³/mol. The summed E-state index contributed by atoms with van der Waals surface area (Å²) in [5, 5.41) is 9.68. The van der Waals surface area contributed by atoms with Gasteiger partial charge in [-0.05, 0) is 25.5 Å². The number of nitrogens with zero attached hydrogens (tertiary/aromatic N) is 1. The zero-order valence-corrected chi connectivity index (χ0v) is 14.7. The Morgan fingerprint density at radius 1 is 1.46 bits per heavy atom. The van der Waals surface area contributed by atoms with Crippen molar-refractivity contribution >= 4 is 17.6 Å². The van der Waals surface area contributed by atoms with Crippen molar-refractivity contribution in [1.82, 2.24) is 0 Å². The van der Waals surface area contributed by atoms with Crippen molar-refractivity contribution in [3.8, 4) is 5.75 Å². The Morgan fingerprint density at radius 2 is 2.23 bits per heavy atom. The molecule has 4 rings (SSSR count). The number of aliphatic carboxylic acids is 1. The molecular weight excluding hydrogens is 334 g/mol. The number of carboxylic acids is 1. The molecule has 1 spiro atoms. The zero-order chi connectivity index (χ0) is 18.6. The molecule has 5 atom stereocenters. The van der Waals surface area contributed by atoms with Crippen LogP contribution in [0.3, 0.4) is 0 Å². The first-order valence-corrected chi connectivity index (χ1v) is 8.60. The molecule has 1 amide bonds. The highest BCUT2D eigenvalue weighted by molar-refractivity contribution is 6.03. The van der Waals surface area contributed by atoms with Crippen LogP contribution in [0.2, 0.25) is 0 Å². The molecule has 2 fully saturated rings. The number of anilines is 1. The summed E-state index contributed by atoms with van der Waals surface area (Å²) in [5.41, 5.74) is 0.659. The van der Waals surface area contributed by atoms with Gasteiger partial charge in [0.05, 0.1) is 25.2 Å². The van der Waals surface area contributed by atoms with Gasteiger partial charge in [-0.1, -0.05) is 23.8 Å². The predicted octanol–water partition coefficient (Wildman–Crippen LogP) is 2.40. The number of benzene rings is 1. The number of carboxylic acid groups (broad SMARTS) is 1. The maximum absolute atomic E-state index is 13.4. The second-order valence-corrected chi connectivity index (χ2v) is 7.22. The number of rotatable bonds is 5. The first-order chi connectivity index (χ1) is 12.4. The summed E-state index contributed by atoms with van der Waals surface area (Å²) in [7, 11) is 1.57. The zero-order valence-electron chi connectivity index (χ0n) is 14.7. The molecule has 1 aromatic rings. The second kappa shape index (κ2) is 5.71. The molecule has 2 bridgehead atoms. The number of hydrogen-bond donors (Lipinski definition) is 1. The monoisotopic (exact) mass is 355 g/mol. The van der Waals surface area contributed by atoms with Gasteiger partial charge in [0.15, 0.2) is 0 Å². The largest absolute Gasteiger partial charge is 0.497 e. The summed E-state index contributed by atoms with van der Waals surface area (Å²) in [4.78, 5) is 26.9. The van der Waals surface area contributed by atoms with Crippen LogP contribution < -0.4 is 9.64 Å². The Hall–Kier alpha value is -2.60. The van der Waals surface area contributed by atoms with E-state index >= 15 is 0 Å². The molecule has 136 valence electrons. The first-order valence-electron chi connectivity index (χ1n) is 8.60. The van der Waals surface area contributed by atoms with E-state index in [1.165, 1.54) is 0 Å². The van der Waals surface area contributed by atoms with Crippen molar-refractivity contribution in [2.24, 2.45) is 11.8 Å². The highest BCUT2D eigenvalue weighted by Gasteiger charge is 2.71. The molecule has 3 heterocycles. The van der Waals surface area contributed by atoms with E-state index < -0.39 is 29.5 Å². The molecule has 3 aliphatic rings. The minimum absolute atomic E-state index is 0.219. The fraction of sp³-hybridized carbons (Fsp3) is 0.400. The standard InChI is InChI=1S/C20H21NO5/c1-11(2)9-15-20-8-7-14(26-20)16(19(23)24)17(20)18(22)21(15)12-5-4-6-13(10-12)25-3/h4-8,10,14-17H,1,9H2,2-3H3,(H,23,24)/t14-,15+,16+,17+,20-/m1/s1. The van der Waals surface area contributed by atoms with Gasteiger partial charge in [-0.3, -0.25) is 9.59 Å². The number of fused-ring (bicyclic) bond motifs is 1. The third-order valence-corrected chi connectivity index (χ3v) is 5.58. The third kappa shape index (κ3) is 2.15. The van der Waals surface area contributed by atoms with Crippen molar-refractivity contribution in [3.63, 3.8) is 0 Å². The lowest BCUT2D eigenvalue weighted by Crippen LogP contribution is -2.45. The van der Waals surface area contributed by atoms with Gasteiger partial charge in [0.1, 0.15) is 17.3 Å². The van der Waals surface area contributed by atoms with Gasteiger partial charge < -0.3 is 19.5 Å². The molecule has 0 unspecified atom stereocenters. The highest BCUT2D eigenvalue weighted by Crippen LogP contribution is 2.56. The van der Waals surface area contributed by atoms with Gasteiger partial charge >= 0.3 is 5.97 Å². The minimum atomic E-state index is -0.999. The minimum Gasteiger partial charge on any atom is -0.497 e. The second-order valence-electron chi connectivity index (χ2n) is 7.22. The summed E-state index contributed by atoms with van der Waals surface area (Å²) < 4.78 is 11.4. The Balaban J connectivity index is 1.84. The van der Waals surface area contributed by atoms with Crippen LogP contribution in [0.4, 0.5) is 5.69 Å². The van der Waals surface area contributed by atoms with Crippen molar-refractivity contribution in [2.45, 2.75) is 31.1 Å². The number of carbonyl (C=O) groups excluding carboxylic acids is 1. The van der Waals surface area contributed by atoms with Crippen LogP contribution >= 0.6 is 0 Å². The average Bonchev–Trinajstić information content (AvgIpc) is 3.24. The molecule has 0 aromatic heterocycles. The van der Waals surface area contributed by atoms with E-state index in [0.717, 1.165) is 5.57 Å². The molecule has 26 heavy (non-hydrogen) atoms. The van der Waals surface area contributed by atoms with E-state index in [9.17, 15) is 14.7 Å². The van der Waals surface area contributed by atoms with Crippen molar-refractivity contribution in [2.75, 3.05) is 12.0 Å². The summed E-state index contributed by atoms with van der Waals surface area (Å²) in [6, 6.07) is 6.89. The number of amides is 1. The molecule has 0 saturated carbocycles. The molecule has 0 radical (unpaired) electrons. The van der Waals surface area contributed by atoms with Crippen LogP contribution in [-0.4, -0.2) is 41.8 Å². The van der Waals surface area contributed by atoms with Crippen LogP contribution in [0.25, 0.3) is 0 Å². The van der Waals surface area contributed by atoms with E-state index in [0.29, 0.717) is 17.9 Å². The molecule has 1 aromatic carbocycles. The molecule has 3 aliphatic heterocycles. The van der Waals surface area contributed by atoms with Crippen molar-refractivity contribution in [1.29, 1.82) is 0 Å². The Labute approximate surface area is 151 Å². The van der Waals surface area contributed by atoms with Crippen LogP contribution in [0.1, 0.15) is 13.3 Å². The third-order valence-electron chi connectivity index (χ3n) is 5.58. The summed E-state index contributed by atoms with van der Waals surface area (Å²) >= 11 is 0. The lowest BCUT2D eigenvalue weighted by Gasteiger charge is -2.33. The average molecular weight is 355 g/mol. The quantitative estimate of drug-likeness (QED) is 0.821. The molecule has 0 aliphatic carbocycles. The summed E-state index contributed by atoms with van der Waals surface area (Å²) in [6.45, 7) is 5.89. The lowest BCUT2D eigenvalue weighted by atomic mass is 9.74. The smallest absolute Gasteiger partial charge is 0.310 e. The molecular formula is C20H21NO5. The van der Waals surface area contributed by atoms with E-state index in [2.05, 4.69) is 6.58 Å². The van der Waals surface area contributed by atoms with Crippen molar-refractivity contribution in [3.05, 3.63) is 48.6 Å². The molecule has 2 saturated heterocycles. The SMILES string of the molecule is C=C(C)C[C@@H]1N(c2cccc(OC)c2)C(=O)[C@@H]2[C@@H](C(=O)O)[C@H]3C=C[C@]21O3. The molecule has 6 heteroatoms.